The Labute approximate surface area is 154 Å². The first-order valence-corrected chi connectivity index (χ1v) is 12.2. The maximum absolute atomic E-state index is 14.6. The van der Waals surface area contributed by atoms with Crippen LogP contribution >= 0.6 is 15.9 Å². The van der Waals surface area contributed by atoms with E-state index in [1.807, 2.05) is 18.2 Å². The molecule has 8 heteroatoms. The van der Waals surface area contributed by atoms with Gasteiger partial charge in [-0.15, -0.1) is 0 Å². The van der Waals surface area contributed by atoms with E-state index in [1.165, 1.54) is 0 Å². The fourth-order valence-corrected chi connectivity index (χ4v) is 4.86. The van der Waals surface area contributed by atoms with E-state index in [4.69, 9.17) is 15.2 Å². The van der Waals surface area contributed by atoms with Crippen LogP contribution in [0.3, 0.4) is 0 Å². The van der Waals surface area contributed by atoms with E-state index in [-0.39, 0.29) is 18.5 Å². The topological polar surface area (TPSA) is 69.7 Å². The fraction of sp³-hybridized carbons (Fsp3) is 0.294. The van der Waals surface area contributed by atoms with Crippen LogP contribution in [-0.2, 0) is 10.3 Å². The molecule has 2 aliphatic heterocycles. The van der Waals surface area contributed by atoms with Crippen LogP contribution in [0.1, 0.15) is 11.1 Å². The van der Waals surface area contributed by atoms with Gasteiger partial charge in [-0.1, -0.05) is 35.6 Å². The van der Waals surface area contributed by atoms with E-state index in [9.17, 15) is 4.39 Å². The van der Waals surface area contributed by atoms with Crippen LogP contribution in [0, 0.1) is 5.95 Å². The Morgan fingerprint density at radius 2 is 2.00 bits per heavy atom. The molecular weight excluding hydrogens is 405 g/mol. The smallest absolute Gasteiger partial charge is 0.283 e. The summed E-state index contributed by atoms with van der Waals surface area (Å²) in [6.45, 7) is 6.45. The van der Waals surface area contributed by atoms with Crippen molar-refractivity contribution in [1.29, 1.82) is 0 Å². The van der Waals surface area contributed by atoms with Crippen molar-refractivity contribution in [2.24, 2.45) is 10.7 Å². The fourth-order valence-electron chi connectivity index (χ4n) is 3.25. The number of benzene rings is 1. The van der Waals surface area contributed by atoms with Crippen LogP contribution in [0.2, 0.25) is 19.6 Å². The summed E-state index contributed by atoms with van der Waals surface area (Å²) in [5, 5.41) is 0.633. The first-order chi connectivity index (χ1) is 11.7. The van der Waals surface area contributed by atoms with Crippen molar-refractivity contribution >= 4 is 35.2 Å². The molecule has 2 N–H and O–H groups in total. The summed E-state index contributed by atoms with van der Waals surface area (Å²) in [7, 11) is -1.95. The van der Waals surface area contributed by atoms with Gasteiger partial charge in [0, 0.05) is 10.0 Å². The van der Waals surface area contributed by atoms with Crippen molar-refractivity contribution in [2.75, 3.05) is 6.61 Å². The van der Waals surface area contributed by atoms with Gasteiger partial charge in [0.05, 0.1) is 13.6 Å². The van der Waals surface area contributed by atoms with E-state index in [2.05, 4.69) is 45.5 Å². The molecule has 1 atom stereocenters. The normalized spacial score (nSPS) is 21.2. The first kappa shape index (κ1) is 16.5. The quantitative estimate of drug-likeness (QED) is 0.566. The zero-order valence-corrected chi connectivity index (χ0v) is 16.6. The summed E-state index contributed by atoms with van der Waals surface area (Å²) in [6, 6.07) is 7.53. The third-order valence-corrected chi connectivity index (χ3v) is 6.98. The van der Waals surface area contributed by atoms with Gasteiger partial charge in [0.2, 0.25) is 11.8 Å². The van der Waals surface area contributed by atoms with Crippen LogP contribution in [0.5, 0.6) is 11.6 Å². The number of nitrogens with two attached hydrogens (primary N) is 1. The number of rotatable bonds is 1. The first-order valence-electron chi connectivity index (χ1n) is 7.88. The van der Waals surface area contributed by atoms with Gasteiger partial charge in [0.1, 0.15) is 12.4 Å². The Kier molecular flexibility index (Phi) is 3.49. The second-order valence-electron chi connectivity index (χ2n) is 7.27. The molecule has 0 saturated carbocycles. The lowest BCUT2D eigenvalue weighted by atomic mass is 9.82. The maximum Gasteiger partial charge on any atom is 0.283 e. The molecule has 2 aromatic rings. The minimum absolute atomic E-state index is 0.109. The zero-order chi connectivity index (χ0) is 18.0. The van der Waals surface area contributed by atoms with E-state index in [1.54, 1.807) is 6.07 Å². The Morgan fingerprint density at radius 3 is 2.64 bits per heavy atom. The Hall–Kier alpha value is -1.93. The molecule has 2 aliphatic rings. The van der Waals surface area contributed by atoms with Crippen LogP contribution in [0.4, 0.5) is 4.39 Å². The van der Waals surface area contributed by atoms with Crippen LogP contribution in [0.15, 0.2) is 33.7 Å². The van der Waals surface area contributed by atoms with Crippen molar-refractivity contribution in [3.8, 4) is 11.6 Å². The van der Waals surface area contributed by atoms with E-state index in [0.29, 0.717) is 16.5 Å². The van der Waals surface area contributed by atoms with Crippen molar-refractivity contribution in [2.45, 2.75) is 25.2 Å². The molecule has 25 heavy (non-hydrogen) atoms. The molecule has 0 fully saturated rings. The molecule has 1 unspecified atom stereocenters. The summed E-state index contributed by atoms with van der Waals surface area (Å²) in [5.41, 5.74) is 6.48. The van der Waals surface area contributed by atoms with Crippen molar-refractivity contribution in [3.63, 3.8) is 0 Å². The highest BCUT2D eigenvalue weighted by molar-refractivity contribution is 9.10. The molecule has 0 amide bonds. The van der Waals surface area contributed by atoms with E-state index < -0.39 is 19.6 Å². The lowest BCUT2D eigenvalue weighted by Crippen LogP contribution is -2.43. The van der Waals surface area contributed by atoms with Crippen molar-refractivity contribution in [3.05, 3.63) is 45.8 Å². The number of aromatic nitrogens is 1. The van der Waals surface area contributed by atoms with Gasteiger partial charge < -0.3 is 15.2 Å². The summed E-state index contributed by atoms with van der Waals surface area (Å²) >= 11 is 3.49. The molecule has 1 aromatic carbocycles. The largest absolute Gasteiger partial charge is 0.462 e. The molecule has 130 valence electrons. The minimum atomic E-state index is -1.95. The molecule has 0 saturated heterocycles. The van der Waals surface area contributed by atoms with Crippen molar-refractivity contribution < 1.29 is 13.9 Å². The Bertz CT molecular complexity index is 929. The number of aliphatic imine (C=N–C) groups is 1. The van der Waals surface area contributed by atoms with Crippen LogP contribution in [-0.4, -0.2) is 25.7 Å². The summed E-state index contributed by atoms with van der Waals surface area (Å²) < 4.78 is 26.9. The average molecular weight is 422 g/mol. The highest BCUT2D eigenvalue weighted by atomic mass is 79.9. The summed E-state index contributed by atoms with van der Waals surface area (Å²) in [4.78, 5) is 8.69. The SMILES string of the molecule is C[Si](C)(C)c1cc2c(nc1F)Oc1ccc(Br)cc1C21COC(N)=N1. The summed E-state index contributed by atoms with van der Waals surface area (Å²) in [6.07, 6.45) is 0. The second kappa shape index (κ2) is 5.28. The number of pyridine rings is 1. The van der Waals surface area contributed by atoms with Crippen LogP contribution < -0.4 is 15.7 Å². The van der Waals surface area contributed by atoms with E-state index >= 15 is 0 Å². The summed E-state index contributed by atoms with van der Waals surface area (Å²) in [5.74, 6) is 0.311. The molecule has 1 aromatic heterocycles. The van der Waals surface area contributed by atoms with Gasteiger partial charge in [0.25, 0.3) is 6.02 Å². The predicted molar refractivity (Wildman–Crippen MR) is 99.7 cm³/mol. The number of nitrogens with zero attached hydrogens (tertiary/aromatic N) is 2. The number of fused-ring (bicyclic) bond motifs is 4. The third-order valence-electron chi connectivity index (χ3n) is 4.52. The predicted octanol–water partition coefficient (Wildman–Crippen LogP) is 3.22. The Balaban J connectivity index is 2.03. The molecule has 0 bridgehead atoms. The van der Waals surface area contributed by atoms with Gasteiger partial charge in [-0.25, -0.2) is 4.99 Å². The molecular formula is C17H17BrFN3O2Si. The Morgan fingerprint density at radius 1 is 1.24 bits per heavy atom. The number of hydrogen-bond donors (Lipinski definition) is 1. The number of hydrogen-bond acceptors (Lipinski definition) is 5. The number of ether oxygens (including phenoxy) is 2. The molecule has 0 aliphatic carbocycles. The second-order valence-corrected chi connectivity index (χ2v) is 13.2. The lowest BCUT2D eigenvalue weighted by molar-refractivity contribution is 0.261. The minimum Gasteiger partial charge on any atom is -0.462 e. The number of halogens is 2. The van der Waals surface area contributed by atoms with Crippen molar-refractivity contribution in [1.82, 2.24) is 4.98 Å². The van der Waals surface area contributed by atoms with Gasteiger partial charge in [-0.2, -0.15) is 9.37 Å². The standard InChI is InChI=1S/C17H17BrFN3O2Si/c1-25(2,3)13-7-11-15(21-14(13)19)24-12-5-4-9(18)6-10(12)17(11)8-23-16(20)22-17/h4-7H,8H2,1-3H3,(H2,20,22). The van der Waals surface area contributed by atoms with Gasteiger partial charge >= 0.3 is 0 Å². The van der Waals surface area contributed by atoms with Gasteiger partial charge in [-0.3, -0.25) is 0 Å². The molecule has 1 spiro atoms. The highest BCUT2D eigenvalue weighted by Gasteiger charge is 2.48. The lowest BCUT2D eigenvalue weighted by Gasteiger charge is -2.34. The molecule has 5 nitrogen and oxygen atoms in total. The van der Waals surface area contributed by atoms with Gasteiger partial charge in [0.15, 0.2) is 5.54 Å². The average Bonchev–Trinajstić information content (AvgIpc) is 2.89. The maximum atomic E-state index is 14.6. The number of amidine groups is 1. The molecule has 3 heterocycles. The van der Waals surface area contributed by atoms with E-state index in [0.717, 1.165) is 10.0 Å². The zero-order valence-electron chi connectivity index (χ0n) is 14.1. The highest BCUT2D eigenvalue weighted by Crippen LogP contribution is 2.50. The molecule has 4 rings (SSSR count). The monoisotopic (exact) mass is 421 g/mol. The molecule has 0 radical (unpaired) electrons. The third kappa shape index (κ3) is 2.46. The van der Waals surface area contributed by atoms with Gasteiger partial charge in [-0.05, 0) is 29.5 Å². The van der Waals surface area contributed by atoms with Crippen LogP contribution in [0.25, 0.3) is 0 Å².